The molecular formula is C21H34O2. The summed E-state index contributed by atoms with van der Waals surface area (Å²) >= 11 is 0. The third kappa shape index (κ3) is 10.1. The first-order valence-corrected chi connectivity index (χ1v) is 9.48. The Balaban J connectivity index is 1.91. The van der Waals surface area contributed by atoms with Crippen LogP contribution < -0.4 is 0 Å². The first-order valence-electron chi connectivity index (χ1n) is 9.48. The molecule has 2 heteroatoms. The molecule has 0 radical (unpaired) electrons. The summed E-state index contributed by atoms with van der Waals surface area (Å²) in [7, 11) is 0. The number of esters is 1. The summed E-state index contributed by atoms with van der Waals surface area (Å²) in [5, 5.41) is 0. The third-order valence-corrected chi connectivity index (χ3v) is 4.23. The Morgan fingerprint density at radius 3 is 2.00 bits per heavy atom. The monoisotopic (exact) mass is 318 g/mol. The zero-order chi connectivity index (χ0) is 16.8. The van der Waals surface area contributed by atoms with Gasteiger partial charge in [-0.2, -0.15) is 0 Å². The molecule has 0 saturated heterocycles. The molecule has 1 rings (SSSR count). The topological polar surface area (TPSA) is 26.3 Å². The average molecular weight is 319 g/mol. The van der Waals surface area contributed by atoms with Gasteiger partial charge in [0.1, 0.15) is 0 Å². The number of hydrogen-bond acceptors (Lipinski definition) is 2. The molecule has 0 saturated carbocycles. The fraction of sp³-hybridized carbons (Fsp3) is 0.667. The number of carbonyl (C=O) groups excluding carboxylic acids is 1. The van der Waals surface area contributed by atoms with Gasteiger partial charge in [-0.25, -0.2) is 4.79 Å². The average Bonchev–Trinajstić information content (AvgIpc) is 2.55. The van der Waals surface area contributed by atoms with Crippen molar-refractivity contribution in [2.45, 2.75) is 84.5 Å². The van der Waals surface area contributed by atoms with Gasteiger partial charge in [0.05, 0.1) is 12.2 Å². The maximum Gasteiger partial charge on any atom is 0.338 e. The van der Waals surface area contributed by atoms with Crippen LogP contribution in [0.3, 0.4) is 0 Å². The molecule has 1 aromatic rings. The van der Waals surface area contributed by atoms with Crippen molar-refractivity contribution in [3.63, 3.8) is 0 Å². The molecule has 23 heavy (non-hydrogen) atoms. The van der Waals surface area contributed by atoms with Gasteiger partial charge in [-0.1, -0.05) is 88.8 Å². The van der Waals surface area contributed by atoms with Gasteiger partial charge in [-0.05, 0) is 25.5 Å². The van der Waals surface area contributed by atoms with Gasteiger partial charge in [0.2, 0.25) is 0 Å². The Hall–Kier alpha value is -1.31. The van der Waals surface area contributed by atoms with E-state index >= 15 is 0 Å². The van der Waals surface area contributed by atoms with E-state index in [4.69, 9.17) is 4.74 Å². The van der Waals surface area contributed by atoms with E-state index in [1.54, 1.807) is 0 Å². The van der Waals surface area contributed by atoms with Gasteiger partial charge in [0.25, 0.3) is 0 Å². The summed E-state index contributed by atoms with van der Waals surface area (Å²) in [6.07, 6.45) is 14.4. The molecule has 0 unspecified atom stereocenters. The van der Waals surface area contributed by atoms with Gasteiger partial charge in [-0.3, -0.25) is 0 Å². The number of benzene rings is 1. The van der Waals surface area contributed by atoms with Crippen LogP contribution in [0.2, 0.25) is 0 Å². The molecule has 0 heterocycles. The van der Waals surface area contributed by atoms with Crippen molar-refractivity contribution in [3.8, 4) is 0 Å². The van der Waals surface area contributed by atoms with Crippen molar-refractivity contribution in [1.82, 2.24) is 0 Å². The first-order chi connectivity index (χ1) is 11.2. The number of carbonyl (C=O) groups is 1. The lowest BCUT2D eigenvalue weighted by Crippen LogP contribution is -2.06. The number of hydrogen-bond donors (Lipinski definition) is 0. The Bertz CT molecular complexity index is 426. The summed E-state index contributed by atoms with van der Waals surface area (Å²) in [5.41, 5.74) is 1.75. The zero-order valence-electron chi connectivity index (χ0n) is 15.1. The van der Waals surface area contributed by atoms with Crippen LogP contribution in [0, 0.1) is 6.92 Å². The van der Waals surface area contributed by atoms with E-state index in [1.165, 1.54) is 57.8 Å². The summed E-state index contributed by atoms with van der Waals surface area (Å²) in [5.74, 6) is -0.194. The highest BCUT2D eigenvalue weighted by Crippen LogP contribution is 2.11. The lowest BCUT2D eigenvalue weighted by molar-refractivity contribution is 0.0497. The van der Waals surface area contributed by atoms with Gasteiger partial charge in [0, 0.05) is 0 Å². The largest absolute Gasteiger partial charge is 0.462 e. The normalized spacial score (nSPS) is 10.7. The molecule has 0 fully saturated rings. The molecule has 2 nitrogen and oxygen atoms in total. The standard InChI is InChI=1S/C21H34O2/c1-3-4-5-6-7-8-9-10-11-12-13-17-23-21(22)20-16-14-15-19(2)18-20/h14-16,18H,3-13,17H2,1-2H3. The van der Waals surface area contributed by atoms with Crippen molar-refractivity contribution in [3.05, 3.63) is 35.4 Å². The molecule has 1 aromatic carbocycles. The van der Waals surface area contributed by atoms with E-state index in [9.17, 15) is 4.79 Å². The van der Waals surface area contributed by atoms with E-state index in [-0.39, 0.29) is 5.97 Å². The number of rotatable bonds is 13. The molecule has 0 N–H and O–H groups in total. The van der Waals surface area contributed by atoms with Crippen LogP contribution in [0.4, 0.5) is 0 Å². The van der Waals surface area contributed by atoms with E-state index in [2.05, 4.69) is 6.92 Å². The SMILES string of the molecule is CCCCCCCCCCCCCOC(=O)c1cccc(C)c1. The summed E-state index contributed by atoms with van der Waals surface area (Å²) in [6, 6.07) is 7.58. The minimum absolute atomic E-state index is 0.194. The second kappa shape index (κ2) is 13.2. The summed E-state index contributed by atoms with van der Waals surface area (Å²) in [4.78, 5) is 11.9. The van der Waals surface area contributed by atoms with E-state index in [0.29, 0.717) is 12.2 Å². The molecule has 130 valence electrons. The van der Waals surface area contributed by atoms with Crippen molar-refractivity contribution < 1.29 is 9.53 Å². The minimum atomic E-state index is -0.194. The van der Waals surface area contributed by atoms with Crippen molar-refractivity contribution in [1.29, 1.82) is 0 Å². The van der Waals surface area contributed by atoms with Crippen LogP contribution >= 0.6 is 0 Å². The highest BCUT2D eigenvalue weighted by atomic mass is 16.5. The third-order valence-electron chi connectivity index (χ3n) is 4.23. The first kappa shape index (κ1) is 19.7. The molecule has 0 aliphatic rings. The fourth-order valence-corrected chi connectivity index (χ4v) is 2.79. The molecule has 0 spiro atoms. The van der Waals surface area contributed by atoms with Crippen LogP contribution in [0.1, 0.15) is 93.5 Å². The zero-order valence-corrected chi connectivity index (χ0v) is 15.1. The van der Waals surface area contributed by atoms with Gasteiger partial charge < -0.3 is 4.74 Å². The van der Waals surface area contributed by atoms with Gasteiger partial charge in [-0.15, -0.1) is 0 Å². The van der Waals surface area contributed by atoms with Crippen molar-refractivity contribution in [2.75, 3.05) is 6.61 Å². The number of unbranched alkanes of at least 4 members (excludes halogenated alkanes) is 10. The molecule has 0 atom stereocenters. The highest BCUT2D eigenvalue weighted by Gasteiger charge is 2.06. The lowest BCUT2D eigenvalue weighted by Gasteiger charge is -2.06. The molecule has 0 aliphatic heterocycles. The van der Waals surface area contributed by atoms with Crippen LogP contribution in [0.5, 0.6) is 0 Å². The molecule has 0 amide bonds. The molecule has 0 aromatic heterocycles. The second-order valence-corrected chi connectivity index (χ2v) is 6.54. The molecule has 0 bridgehead atoms. The van der Waals surface area contributed by atoms with Crippen LogP contribution in [0.25, 0.3) is 0 Å². The molecular weight excluding hydrogens is 284 g/mol. The van der Waals surface area contributed by atoms with Crippen LogP contribution in [-0.2, 0) is 4.74 Å². The Morgan fingerprint density at radius 1 is 0.870 bits per heavy atom. The Morgan fingerprint density at radius 2 is 1.43 bits per heavy atom. The molecule has 0 aliphatic carbocycles. The van der Waals surface area contributed by atoms with E-state index in [1.807, 2.05) is 31.2 Å². The van der Waals surface area contributed by atoms with Gasteiger partial charge >= 0.3 is 5.97 Å². The lowest BCUT2D eigenvalue weighted by atomic mass is 10.1. The predicted octanol–water partition coefficient (Wildman–Crippen LogP) is 6.46. The minimum Gasteiger partial charge on any atom is -0.462 e. The van der Waals surface area contributed by atoms with Crippen molar-refractivity contribution in [2.24, 2.45) is 0 Å². The maximum absolute atomic E-state index is 11.9. The predicted molar refractivity (Wildman–Crippen MR) is 97.9 cm³/mol. The van der Waals surface area contributed by atoms with Gasteiger partial charge in [0.15, 0.2) is 0 Å². The fourth-order valence-electron chi connectivity index (χ4n) is 2.79. The Labute approximate surface area is 142 Å². The maximum atomic E-state index is 11.9. The van der Waals surface area contributed by atoms with E-state index < -0.39 is 0 Å². The van der Waals surface area contributed by atoms with Crippen LogP contribution in [-0.4, -0.2) is 12.6 Å². The smallest absolute Gasteiger partial charge is 0.338 e. The second-order valence-electron chi connectivity index (χ2n) is 6.54. The number of aryl methyl sites for hydroxylation is 1. The highest BCUT2D eigenvalue weighted by molar-refractivity contribution is 5.89. The van der Waals surface area contributed by atoms with Crippen molar-refractivity contribution >= 4 is 5.97 Å². The number of ether oxygens (including phenoxy) is 1. The Kier molecular flexibility index (Phi) is 11.3. The summed E-state index contributed by atoms with van der Waals surface area (Å²) in [6.45, 7) is 4.79. The quantitative estimate of drug-likeness (QED) is 0.308. The summed E-state index contributed by atoms with van der Waals surface area (Å²) < 4.78 is 5.33. The van der Waals surface area contributed by atoms with Crippen LogP contribution in [0.15, 0.2) is 24.3 Å². The van der Waals surface area contributed by atoms with E-state index in [0.717, 1.165) is 18.4 Å².